The van der Waals surface area contributed by atoms with E-state index in [9.17, 15) is 4.79 Å². The van der Waals surface area contributed by atoms with Gasteiger partial charge in [0.25, 0.3) is 0 Å². The summed E-state index contributed by atoms with van der Waals surface area (Å²) in [6.07, 6.45) is 0.703. The Morgan fingerprint density at radius 1 is 1.06 bits per heavy atom. The number of ether oxygens (including phenoxy) is 3. The number of carbonyl (C=O) groups excluding carboxylic acids is 1. The summed E-state index contributed by atoms with van der Waals surface area (Å²) in [6, 6.07) is 13.7. The van der Waals surface area contributed by atoms with E-state index < -0.39 is 0 Å². The van der Waals surface area contributed by atoms with E-state index in [2.05, 4.69) is 25.0 Å². The molecule has 9 nitrogen and oxygen atoms in total. The number of thioether (sulfide) groups is 1. The lowest BCUT2D eigenvalue weighted by molar-refractivity contribution is -0.118. The first-order chi connectivity index (χ1) is 16.6. The molecule has 2 heterocycles. The highest BCUT2D eigenvalue weighted by atomic mass is 32.2. The predicted molar refractivity (Wildman–Crippen MR) is 132 cm³/mol. The molecule has 0 fully saturated rings. The number of carbonyl (C=O) groups is 1. The molecule has 0 atom stereocenters. The third-order valence-electron chi connectivity index (χ3n) is 5.46. The molecule has 0 bridgehead atoms. The van der Waals surface area contributed by atoms with Crippen LogP contribution in [0.1, 0.15) is 12.5 Å². The van der Waals surface area contributed by atoms with Crippen molar-refractivity contribution in [2.75, 3.05) is 44.6 Å². The first-order valence-electron chi connectivity index (χ1n) is 11.2. The van der Waals surface area contributed by atoms with E-state index >= 15 is 0 Å². The number of methoxy groups -OCH3 is 2. The molecule has 1 amide bonds. The van der Waals surface area contributed by atoms with Crippen molar-refractivity contribution in [1.82, 2.24) is 20.1 Å². The van der Waals surface area contributed by atoms with Crippen LogP contribution < -0.4 is 24.4 Å². The number of benzene rings is 2. The number of aromatic nitrogens is 3. The Morgan fingerprint density at radius 2 is 1.85 bits per heavy atom. The van der Waals surface area contributed by atoms with Gasteiger partial charge in [0.1, 0.15) is 5.75 Å². The van der Waals surface area contributed by atoms with Gasteiger partial charge in [0, 0.05) is 25.3 Å². The fourth-order valence-electron chi connectivity index (χ4n) is 3.78. The molecule has 0 saturated carbocycles. The zero-order valence-corrected chi connectivity index (χ0v) is 20.4. The largest absolute Gasteiger partial charge is 0.494 e. The Balaban J connectivity index is 1.27. The second-order valence-corrected chi connectivity index (χ2v) is 8.53. The molecule has 34 heavy (non-hydrogen) atoms. The van der Waals surface area contributed by atoms with Crippen LogP contribution in [0.3, 0.4) is 0 Å². The Labute approximate surface area is 203 Å². The van der Waals surface area contributed by atoms with Crippen molar-refractivity contribution < 1.29 is 19.0 Å². The van der Waals surface area contributed by atoms with Gasteiger partial charge >= 0.3 is 0 Å². The van der Waals surface area contributed by atoms with Crippen LogP contribution in [0.5, 0.6) is 17.2 Å². The average Bonchev–Trinajstić information content (AvgIpc) is 3.46. The van der Waals surface area contributed by atoms with Crippen molar-refractivity contribution in [3.63, 3.8) is 0 Å². The van der Waals surface area contributed by atoms with Crippen molar-refractivity contribution in [3.05, 3.63) is 48.0 Å². The van der Waals surface area contributed by atoms with E-state index in [-0.39, 0.29) is 11.7 Å². The lowest BCUT2D eigenvalue weighted by atomic mass is 10.1. The fourth-order valence-corrected chi connectivity index (χ4v) is 4.57. The summed E-state index contributed by atoms with van der Waals surface area (Å²) in [5.74, 6) is 3.26. The van der Waals surface area contributed by atoms with Crippen LogP contribution in [-0.2, 0) is 17.8 Å². The summed E-state index contributed by atoms with van der Waals surface area (Å²) >= 11 is 1.40. The monoisotopic (exact) mass is 483 g/mol. The standard InChI is InChI=1S/C24H29N5O4S/c1-4-33-19-8-6-18(7-9-19)28-13-14-29-23(28)26-27-24(29)34-16-22(30)25-12-11-17-5-10-20(31-2)21(15-17)32-3/h5-10,15H,4,11-14,16H2,1-3H3,(H,25,30). The van der Waals surface area contributed by atoms with Gasteiger partial charge in [-0.05, 0) is 55.3 Å². The molecule has 3 aromatic rings. The third-order valence-corrected chi connectivity index (χ3v) is 6.43. The van der Waals surface area contributed by atoms with Crippen LogP contribution in [0, 0.1) is 0 Å². The molecule has 2 aromatic carbocycles. The van der Waals surface area contributed by atoms with Gasteiger partial charge in [0.15, 0.2) is 16.7 Å². The van der Waals surface area contributed by atoms with Crippen molar-refractivity contribution in [1.29, 1.82) is 0 Å². The minimum absolute atomic E-state index is 0.0378. The number of rotatable bonds is 11. The summed E-state index contributed by atoms with van der Waals surface area (Å²) in [5.41, 5.74) is 2.11. The molecule has 180 valence electrons. The van der Waals surface area contributed by atoms with Crippen molar-refractivity contribution in [2.24, 2.45) is 0 Å². The molecule has 0 radical (unpaired) electrons. The number of amides is 1. The predicted octanol–water partition coefficient (Wildman–Crippen LogP) is 3.30. The number of hydrogen-bond acceptors (Lipinski definition) is 8. The second kappa shape index (κ2) is 11.1. The molecule has 1 aliphatic heterocycles. The minimum Gasteiger partial charge on any atom is -0.494 e. The summed E-state index contributed by atoms with van der Waals surface area (Å²) < 4.78 is 18.2. The van der Waals surface area contributed by atoms with Gasteiger partial charge in [0.2, 0.25) is 11.9 Å². The molecule has 1 aromatic heterocycles. The maximum atomic E-state index is 12.4. The molecular weight excluding hydrogens is 454 g/mol. The van der Waals surface area contributed by atoms with Crippen LogP contribution in [0.4, 0.5) is 11.6 Å². The summed E-state index contributed by atoms with van der Waals surface area (Å²) in [5, 5.41) is 12.4. The van der Waals surface area contributed by atoms with Gasteiger partial charge in [-0.1, -0.05) is 17.8 Å². The molecule has 0 saturated heterocycles. The molecule has 4 rings (SSSR count). The summed E-state index contributed by atoms with van der Waals surface area (Å²) in [6.45, 7) is 4.73. The molecular formula is C24H29N5O4S. The van der Waals surface area contributed by atoms with Gasteiger partial charge in [0.05, 0.1) is 26.6 Å². The zero-order valence-electron chi connectivity index (χ0n) is 19.6. The van der Waals surface area contributed by atoms with Gasteiger partial charge in [-0.3, -0.25) is 9.36 Å². The highest BCUT2D eigenvalue weighted by Crippen LogP contribution is 2.33. The molecule has 0 spiro atoms. The first-order valence-corrected chi connectivity index (χ1v) is 12.2. The topological polar surface area (TPSA) is 90.7 Å². The zero-order chi connectivity index (χ0) is 23.9. The number of anilines is 2. The van der Waals surface area contributed by atoms with Crippen LogP contribution >= 0.6 is 11.8 Å². The van der Waals surface area contributed by atoms with Crippen LogP contribution in [-0.4, -0.2) is 60.3 Å². The SMILES string of the molecule is CCOc1ccc(N2CCn3c(SCC(=O)NCCc4ccc(OC)c(OC)c4)nnc32)cc1. The van der Waals surface area contributed by atoms with E-state index in [1.165, 1.54) is 11.8 Å². The smallest absolute Gasteiger partial charge is 0.232 e. The number of hydrogen-bond donors (Lipinski definition) is 1. The van der Waals surface area contributed by atoms with E-state index in [1.807, 2.05) is 49.4 Å². The molecule has 0 unspecified atom stereocenters. The molecule has 1 N–H and O–H groups in total. The van der Waals surface area contributed by atoms with Gasteiger partial charge < -0.3 is 24.4 Å². The Hall–Kier alpha value is -3.40. The van der Waals surface area contributed by atoms with E-state index in [4.69, 9.17) is 14.2 Å². The third kappa shape index (κ3) is 5.39. The van der Waals surface area contributed by atoms with Crippen molar-refractivity contribution in [3.8, 4) is 17.2 Å². The maximum absolute atomic E-state index is 12.4. The molecule has 10 heteroatoms. The molecule has 0 aliphatic carbocycles. The van der Waals surface area contributed by atoms with Crippen LogP contribution in [0.2, 0.25) is 0 Å². The second-order valence-electron chi connectivity index (χ2n) is 7.59. The fraction of sp³-hybridized carbons (Fsp3) is 0.375. The Bertz CT molecular complexity index is 1120. The van der Waals surface area contributed by atoms with Crippen molar-refractivity contribution >= 4 is 29.3 Å². The number of nitrogens with zero attached hydrogens (tertiary/aromatic N) is 4. The van der Waals surface area contributed by atoms with Crippen molar-refractivity contribution in [2.45, 2.75) is 25.0 Å². The van der Waals surface area contributed by atoms with E-state index in [0.29, 0.717) is 31.1 Å². The highest BCUT2D eigenvalue weighted by Gasteiger charge is 2.26. The lowest BCUT2D eigenvalue weighted by Gasteiger charge is -2.15. The Morgan fingerprint density at radius 3 is 2.59 bits per heavy atom. The first kappa shape index (κ1) is 23.7. The average molecular weight is 484 g/mol. The molecule has 1 aliphatic rings. The number of nitrogens with one attached hydrogen (secondary N) is 1. The van der Waals surface area contributed by atoms with E-state index in [0.717, 1.165) is 41.2 Å². The minimum atomic E-state index is -0.0378. The van der Waals surface area contributed by atoms with Gasteiger partial charge in [-0.25, -0.2) is 0 Å². The van der Waals surface area contributed by atoms with Gasteiger partial charge in [-0.15, -0.1) is 10.2 Å². The lowest BCUT2D eigenvalue weighted by Crippen LogP contribution is -2.27. The highest BCUT2D eigenvalue weighted by molar-refractivity contribution is 7.99. The van der Waals surface area contributed by atoms with Crippen LogP contribution in [0.15, 0.2) is 47.6 Å². The number of fused-ring (bicyclic) bond motifs is 1. The maximum Gasteiger partial charge on any atom is 0.232 e. The van der Waals surface area contributed by atoms with Gasteiger partial charge in [-0.2, -0.15) is 0 Å². The normalized spacial score (nSPS) is 12.4. The van der Waals surface area contributed by atoms with Crippen LogP contribution in [0.25, 0.3) is 0 Å². The van der Waals surface area contributed by atoms with E-state index in [1.54, 1.807) is 14.2 Å². The quantitative estimate of drug-likeness (QED) is 0.416. The summed E-state index contributed by atoms with van der Waals surface area (Å²) in [4.78, 5) is 14.5. The Kier molecular flexibility index (Phi) is 7.79. The summed E-state index contributed by atoms with van der Waals surface area (Å²) in [7, 11) is 3.22.